The standard InChI is InChI=1S/C13H23N3O/c17-13(12-3-4-14-9-12)16-7-5-15(6-8-16)10-11-1-2-11/h11-12,14H,1-10H2/t12-/m1/s1. The van der Waals surface area contributed by atoms with E-state index in [2.05, 4.69) is 15.1 Å². The summed E-state index contributed by atoms with van der Waals surface area (Å²) in [6, 6.07) is 0. The third kappa shape index (κ3) is 2.80. The van der Waals surface area contributed by atoms with E-state index >= 15 is 0 Å². The van der Waals surface area contributed by atoms with E-state index in [4.69, 9.17) is 0 Å². The van der Waals surface area contributed by atoms with Crippen LogP contribution in [0.15, 0.2) is 0 Å². The number of piperazine rings is 1. The maximum Gasteiger partial charge on any atom is 0.227 e. The number of carbonyl (C=O) groups excluding carboxylic acids is 1. The average molecular weight is 237 g/mol. The molecule has 3 fully saturated rings. The van der Waals surface area contributed by atoms with Gasteiger partial charge in [-0.1, -0.05) is 0 Å². The van der Waals surface area contributed by atoms with E-state index in [1.807, 2.05) is 0 Å². The van der Waals surface area contributed by atoms with Crippen LogP contribution in [0.25, 0.3) is 0 Å². The van der Waals surface area contributed by atoms with E-state index in [0.29, 0.717) is 5.91 Å². The summed E-state index contributed by atoms with van der Waals surface area (Å²) in [7, 11) is 0. The summed E-state index contributed by atoms with van der Waals surface area (Å²) in [5.41, 5.74) is 0. The number of nitrogens with zero attached hydrogens (tertiary/aromatic N) is 2. The van der Waals surface area contributed by atoms with Gasteiger partial charge in [0.2, 0.25) is 5.91 Å². The quantitative estimate of drug-likeness (QED) is 0.759. The van der Waals surface area contributed by atoms with Crippen LogP contribution in [0.3, 0.4) is 0 Å². The van der Waals surface area contributed by atoms with Crippen LogP contribution >= 0.6 is 0 Å². The van der Waals surface area contributed by atoms with Crippen LogP contribution in [0.5, 0.6) is 0 Å². The lowest BCUT2D eigenvalue weighted by molar-refractivity contribution is -0.136. The summed E-state index contributed by atoms with van der Waals surface area (Å²) in [6.07, 6.45) is 3.88. The van der Waals surface area contributed by atoms with E-state index in [0.717, 1.165) is 51.6 Å². The van der Waals surface area contributed by atoms with Gasteiger partial charge in [0.25, 0.3) is 0 Å². The second-order valence-corrected chi connectivity index (χ2v) is 5.76. The number of carbonyl (C=O) groups is 1. The second-order valence-electron chi connectivity index (χ2n) is 5.76. The average Bonchev–Trinajstić information content (AvgIpc) is 3.00. The second kappa shape index (κ2) is 4.94. The maximum absolute atomic E-state index is 12.2. The molecule has 0 radical (unpaired) electrons. The lowest BCUT2D eigenvalue weighted by Crippen LogP contribution is -2.50. The fourth-order valence-electron chi connectivity index (χ4n) is 2.94. The number of amides is 1. The maximum atomic E-state index is 12.2. The van der Waals surface area contributed by atoms with Crippen LogP contribution in [0.1, 0.15) is 19.3 Å². The Hall–Kier alpha value is -0.610. The number of hydrogen-bond acceptors (Lipinski definition) is 3. The van der Waals surface area contributed by atoms with Crippen LogP contribution in [0.4, 0.5) is 0 Å². The zero-order valence-corrected chi connectivity index (χ0v) is 10.5. The van der Waals surface area contributed by atoms with Gasteiger partial charge in [-0.05, 0) is 31.7 Å². The minimum Gasteiger partial charge on any atom is -0.340 e. The Labute approximate surface area is 103 Å². The largest absolute Gasteiger partial charge is 0.340 e. The first kappa shape index (κ1) is 11.5. The Morgan fingerprint density at radius 2 is 1.88 bits per heavy atom. The van der Waals surface area contributed by atoms with Crippen molar-refractivity contribution in [2.45, 2.75) is 19.3 Å². The first-order valence-electron chi connectivity index (χ1n) is 7.05. The van der Waals surface area contributed by atoms with Gasteiger partial charge in [0.05, 0.1) is 5.92 Å². The molecule has 4 nitrogen and oxygen atoms in total. The Kier molecular flexibility index (Phi) is 3.34. The number of hydrogen-bond donors (Lipinski definition) is 1. The topological polar surface area (TPSA) is 35.6 Å². The van der Waals surface area contributed by atoms with Crippen molar-refractivity contribution in [3.05, 3.63) is 0 Å². The number of rotatable bonds is 3. The van der Waals surface area contributed by atoms with Crippen molar-refractivity contribution in [3.8, 4) is 0 Å². The molecule has 2 saturated heterocycles. The van der Waals surface area contributed by atoms with Gasteiger partial charge in [0.1, 0.15) is 0 Å². The van der Waals surface area contributed by atoms with Crippen molar-refractivity contribution in [1.82, 2.24) is 15.1 Å². The van der Waals surface area contributed by atoms with Crippen molar-refractivity contribution >= 4 is 5.91 Å². The highest BCUT2D eigenvalue weighted by Gasteiger charge is 2.31. The predicted molar refractivity (Wildman–Crippen MR) is 66.7 cm³/mol. The van der Waals surface area contributed by atoms with Crippen molar-refractivity contribution in [2.24, 2.45) is 11.8 Å². The molecular formula is C13H23N3O. The van der Waals surface area contributed by atoms with Crippen molar-refractivity contribution in [2.75, 3.05) is 45.8 Å². The van der Waals surface area contributed by atoms with Crippen LogP contribution in [0.2, 0.25) is 0 Å². The molecule has 0 spiro atoms. The lowest BCUT2D eigenvalue weighted by Gasteiger charge is -2.35. The third-order valence-corrected chi connectivity index (χ3v) is 4.31. The third-order valence-electron chi connectivity index (χ3n) is 4.31. The highest BCUT2D eigenvalue weighted by Crippen LogP contribution is 2.30. The molecule has 3 aliphatic rings. The summed E-state index contributed by atoms with van der Waals surface area (Å²) in [4.78, 5) is 16.8. The van der Waals surface area contributed by atoms with Crippen LogP contribution in [0, 0.1) is 11.8 Å². The molecule has 4 heteroatoms. The Morgan fingerprint density at radius 1 is 1.12 bits per heavy atom. The molecule has 2 aliphatic heterocycles. The van der Waals surface area contributed by atoms with Gasteiger partial charge in [-0.15, -0.1) is 0 Å². The molecule has 0 aromatic rings. The van der Waals surface area contributed by atoms with E-state index in [1.165, 1.54) is 19.4 Å². The molecule has 1 atom stereocenters. The van der Waals surface area contributed by atoms with Gasteiger partial charge in [0, 0.05) is 39.3 Å². The molecule has 0 aromatic heterocycles. The minimum absolute atomic E-state index is 0.255. The van der Waals surface area contributed by atoms with Gasteiger partial charge >= 0.3 is 0 Å². The Bertz CT molecular complexity index is 276. The molecule has 17 heavy (non-hydrogen) atoms. The Balaban J connectivity index is 1.44. The minimum atomic E-state index is 0.255. The van der Waals surface area contributed by atoms with Gasteiger partial charge in [-0.2, -0.15) is 0 Å². The number of nitrogens with one attached hydrogen (secondary N) is 1. The Morgan fingerprint density at radius 3 is 2.47 bits per heavy atom. The summed E-state index contributed by atoms with van der Waals surface area (Å²) >= 11 is 0. The van der Waals surface area contributed by atoms with Crippen molar-refractivity contribution in [3.63, 3.8) is 0 Å². The van der Waals surface area contributed by atoms with E-state index in [1.54, 1.807) is 0 Å². The summed E-state index contributed by atoms with van der Waals surface area (Å²) < 4.78 is 0. The SMILES string of the molecule is O=C([C@@H]1CCNC1)N1CCN(CC2CC2)CC1. The van der Waals surface area contributed by atoms with E-state index < -0.39 is 0 Å². The highest BCUT2D eigenvalue weighted by atomic mass is 16.2. The molecule has 1 aliphatic carbocycles. The predicted octanol–water partition coefficient (Wildman–Crippen LogP) is 0.150. The summed E-state index contributed by atoms with van der Waals surface area (Å²) in [5.74, 6) is 1.61. The van der Waals surface area contributed by atoms with E-state index in [-0.39, 0.29) is 5.92 Å². The first-order chi connectivity index (χ1) is 8.33. The molecule has 1 saturated carbocycles. The smallest absolute Gasteiger partial charge is 0.227 e. The van der Waals surface area contributed by atoms with Gasteiger partial charge < -0.3 is 10.2 Å². The molecule has 0 aromatic carbocycles. The molecule has 2 heterocycles. The fourth-order valence-corrected chi connectivity index (χ4v) is 2.94. The van der Waals surface area contributed by atoms with Crippen molar-refractivity contribution < 1.29 is 4.79 Å². The van der Waals surface area contributed by atoms with Gasteiger partial charge in [-0.3, -0.25) is 9.69 Å². The normalized spacial score (nSPS) is 30.8. The molecule has 0 bridgehead atoms. The molecule has 1 N–H and O–H groups in total. The summed E-state index contributed by atoms with van der Waals surface area (Å²) in [5, 5.41) is 3.28. The summed E-state index contributed by atoms with van der Waals surface area (Å²) in [6.45, 7) is 7.24. The molecule has 1 amide bonds. The lowest BCUT2D eigenvalue weighted by atomic mass is 10.1. The first-order valence-corrected chi connectivity index (χ1v) is 7.05. The monoisotopic (exact) mass is 237 g/mol. The molecule has 0 unspecified atom stereocenters. The molecular weight excluding hydrogens is 214 g/mol. The van der Waals surface area contributed by atoms with Gasteiger partial charge in [0.15, 0.2) is 0 Å². The zero-order chi connectivity index (χ0) is 11.7. The highest BCUT2D eigenvalue weighted by molar-refractivity contribution is 5.79. The van der Waals surface area contributed by atoms with Gasteiger partial charge in [-0.25, -0.2) is 0 Å². The molecule has 3 rings (SSSR count). The van der Waals surface area contributed by atoms with Crippen LogP contribution in [-0.2, 0) is 4.79 Å². The molecule has 96 valence electrons. The fraction of sp³-hybridized carbons (Fsp3) is 0.923. The van der Waals surface area contributed by atoms with E-state index in [9.17, 15) is 4.79 Å². The van der Waals surface area contributed by atoms with Crippen molar-refractivity contribution in [1.29, 1.82) is 0 Å². The van der Waals surface area contributed by atoms with Crippen LogP contribution in [-0.4, -0.2) is 61.5 Å². The van der Waals surface area contributed by atoms with Crippen LogP contribution < -0.4 is 5.32 Å². The zero-order valence-electron chi connectivity index (χ0n) is 10.5.